The molecule has 4 N–H and O–H groups in total. The summed E-state index contributed by atoms with van der Waals surface area (Å²) in [6.07, 6.45) is -1.61. The molecule has 0 saturated carbocycles. The van der Waals surface area contributed by atoms with Crippen LogP contribution in [-0.2, 0) is 28.9 Å². The molecule has 0 spiro atoms. The summed E-state index contributed by atoms with van der Waals surface area (Å²) in [5, 5.41) is 20.5. The van der Waals surface area contributed by atoms with Crippen molar-refractivity contribution in [3.05, 3.63) is 100 Å². The first-order valence-corrected chi connectivity index (χ1v) is 14.1. The molecule has 0 saturated heterocycles. The minimum Gasteiger partial charge on any atom is -0.475 e. The second-order valence-corrected chi connectivity index (χ2v) is 10.8. The van der Waals surface area contributed by atoms with Gasteiger partial charge in [0, 0.05) is 21.8 Å². The molecule has 1 amide bonds. The summed E-state index contributed by atoms with van der Waals surface area (Å²) in [6, 6.07) is 22.3. The van der Waals surface area contributed by atoms with Crippen LogP contribution < -0.4 is 16.0 Å². The number of anilines is 5. The van der Waals surface area contributed by atoms with E-state index < -0.39 is 12.1 Å². The Labute approximate surface area is 252 Å². The van der Waals surface area contributed by atoms with E-state index in [0.29, 0.717) is 23.2 Å². The van der Waals surface area contributed by atoms with Crippen LogP contribution in [0.25, 0.3) is 10.1 Å². The highest BCUT2D eigenvalue weighted by Gasteiger charge is 2.38. The van der Waals surface area contributed by atoms with Gasteiger partial charge in [-0.1, -0.05) is 41.9 Å². The Morgan fingerprint density at radius 1 is 1.00 bits per heavy atom. The highest BCUT2D eigenvalue weighted by Crippen LogP contribution is 2.30. The van der Waals surface area contributed by atoms with E-state index in [0.717, 1.165) is 46.4 Å². The van der Waals surface area contributed by atoms with Crippen molar-refractivity contribution in [1.29, 1.82) is 0 Å². The van der Waals surface area contributed by atoms with Gasteiger partial charge in [0.15, 0.2) is 5.82 Å². The number of aryl methyl sites for hydroxylation is 2. The summed E-state index contributed by atoms with van der Waals surface area (Å²) in [4.78, 5) is 30.8. The lowest BCUT2D eigenvalue weighted by Crippen LogP contribution is -2.21. The number of hydrogen-bond acceptors (Lipinski definition) is 7. The Balaban J connectivity index is 0.000000472. The molecule has 1 aliphatic heterocycles. The maximum absolute atomic E-state index is 13.1. The zero-order valence-corrected chi connectivity index (χ0v) is 23.8. The van der Waals surface area contributed by atoms with Gasteiger partial charge in [-0.3, -0.25) is 4.79 Å². The number of nitrogens with zero attached hydrogens (tertiary/aromatic N) is 2. The maximum Gasteiger partial charge on any atom is 0.490 e. The van der Waals surface area contributed by atoms with Gasteiger partial charge in [-0.15, -0.1) is 11.3 Å². The van der Waals surface area contributed by atoms with Gasteiger partial charge in [-0.2, -0.15) is 18.2 Å². The van der Waals surface area contributed by atoms with E-state index >= 15 is 0 Å². The number of aliphatic carboxylic acids is 1. The zero-order chi connectivity index (χ0) is 30.6. The van der Waals surface area contributed by atoms with Gasteiger partial charge >= 0.3 is 12.1 Å². The number of carboxylic acid groups (broad SMARTS) is 1. The molecular formula is C30H23ClF3N5O3S. The summed E-state index contributed by atoms with van der Waals surface area (Å²) >= 11 is 8.04. The lowest BCUT2D eigenvalue weighted by Gasteiger charge is -2.15. The quantitative estimate of drug-likeness (QED) is 0.162. The first-order chi connectivity index (χ1) is 20.5. The monoisotopic (exact) mass is 625 g/mol. The molecule has 2 aromatic heterocycles. The van der Waals surface area contributed by atoms with Crippen molar-refractivity contribution in [3.63, 3.8) is 0 Å². The normalized spacial score (nSPS) is 12.3. The minimum atomic E-state index is -5.08. The van der Waals surface area contributed by atoms with Crippen LogP contribution in [0.4, 0.5) is 42.0 Å². The lowest BCUT2D eigenvalue weighted by molar-refractivity contribution is -0.192. The molecule has 0 fully saturated rings. The number of carbonyl (C=O) groups is 2. The number of alkyl halides is 3. The molecule has 6 bridgehead atoms. The van der Waals surface area contributed by atoms with Crippen LogP contribution in [0.1, 0.15) is 16.7 Å². The number of aromatic nitrogens is 2. The van der Waals surface area contributed by atoms with E-state index in [2.05, 4.69) is 55.6 Å². The van der Waals surface area contributed by atoms with Gasteiger partial charge in [0.05, 0.1) is 12.6 Å². The van der Waals surface area contributed by atoms with Crippen molar-refractivity contribution in [2.45, 2.75) is 25.4 Å². The van der Waals surface area contributed by atoms with Crippen molar-refractivity contribution < 1.29 is 27.9 Å². The fourth-order valence-electron chi connectivity index (χ4n) is 4.40. The molecule has 0 radical (unpaired) electrons. The van der Waals surface area contributed by atoms with Gasteiger partial charge in [0.1, 0.15) is 5.02 Å². The van der Waals surface area contributed by atoms with Crippen molar-refractivity contribution in [2.75, 3.05) is 16.0 Å². The van der Waals surface area contributed by atoms with Crippen molar-refractivity contribution in [2.24, 2.45) is 0 Å². The number of benzene rings is 3. The standard InChI is InChI=1S/C28H22ClN5OS.C2HF3O2/c29-23-15-30-28-32-20-5-3-4-17(12-20)8-9-18-13-21(31-27(23)34-28)10-11-24(18)33-26(35)14-19-16-36-25-7-2-1-6-22(19)25;3-2(4,5)1(6)7/h1-7,10-13,15-16H,8-9,14H2,(H,33,35)(H2,30,31,32,34);(H,6,7). The molecule has 13 heteroatoms. The third-order valence-corrected chi connectivity index (χ3v) is 7.70. The number of fused-ring (bicyclic) bond motifs is 7. The van der Waals surface area contributed by atoms with E-state index in [1.54, 1.807) is 17.5 Å². The first-order valence-electron chi connectivity index (χ1n) is 12.9. The van der Waals surface area contributed by atoms with Gasteiger partial charge in [-0.25, -0.2) is 9.78 Å². The average Bonchev–Trinajstić information content (AvgIpc) is 3.37. The highest BCUT2D eigenvalue weighted by atomic mass is 35.5. The molecule has 0 aliphatic carbocycles. The lowest BCUT2D eigenvalue weighted by atomic mass is 10.0. The van der Waals surface area contributed by atoms with Crippen molar-refractivity contribution in [3.8, 4) is 0 Å². The molecule has 0 atom stereocenters. The third kappa shape index (κ3) is 7.59. The summed E-state index contributed by atoms with van der Waals surface area (Å²) in [5.74, 6) is -1.82. The molecule has 3 aromatic carbocycles. The van der Waals surface area contributed by atoms with E-state index in [1.165, 1.54) is 10.3 Å². The topological polar surface area (TPSA) is 116 Å². The fraction of sp³-hybridized carbons (Fsp3) is 0.133. The van der Waals surface area contributed by atoms with E-state index in [4.69, 9.17) is 21.5 Å². The van der Waals surface area contributed by atoms with Crippen LogP contribution in [0.2, 0.25) is 5.02 Å². The average molecular weight is 626 g/mol. The number of rotatable bonds is 3. The summed E-state index contributed by atoms with van der Waals surface area (Å²) in [5.41, 5.74) is 5.81. The van der Waals surface area contributed by atoms with Crippen LogP contribution in [0, 0.1) is 0 Å². The Bertz CT molecular complexity index is 1810. The summed E-state index contributed by atoms with van der Waals surface area (Å²) in [7, 11) is 0. The zero-order valence-electron chi connectivity index (χ0n) is 22.2. The van der Waals surface area contributed by atoms with E-state index in [9.17, 15) is 18.0 Å². The Morgan fingerprint density at radius 3 is 2.56 bits per heavy atom. The Kier molecular flexibility index (Phi) is 8.78. The highest BCUT2D eigenvalue weighted by molar-refractivity contribution is 7.17. The van der Waals surface area contributed by atoms with Crippen LogP contribution in [0.3, 0.4) is 0 Å². The molecule has 8 nitrogen and oxygen atoms in total. The van der Waals surface area contributed by atoms with E-state index in [1.807, 2.05) is 42.5 Å². The fourth-order valence-corrected chi connectivity index (χ4v) is 5.50. The molecule has 43 heavy (non-hydrogen) atoms. The van der Waals surface area contributed by atoms with Gasteiger partial charge in [0.2, 0.25) is 11.9 Å². The molecular weight excluding hydrogens is 603 g/mol. The van der Waals surface area contributed by atoms with E-state index in [-0.39, 0.29) is 5.91 Å². The number of nitrogens with one attached hydrogen (secondary N) is 3. The van der Waals surface area contributed by atoms with Crippen molar-refractivity contribution >= 4 is 73.7 Å². The third-order valence-electron chi connectivity index (χ3n) is 6.41. The number of carbonyl (C=O) groups excluding carboxylic acids is 1. The van der Waals surface area contributed by atoms with Gasteiger partial charge in [-0.05, 0) is 76.7 Å². The molecule has 0 unspecified atom stereocenters. The molecule has 220 valence electrons. The number of amides is 1. The number of thiophene rings is 1. The molecule has 3 heterocycles. The predicted molar refractivity (Wildman–Crippen MR) is 162 cm³/mol. The largest absolute Gasteiger partial charge is 0.490 e. The molecule has 5 aromatic rings. The summed E-state index contributed by atoms with van der Waals surface area (Å²) in [6.45, 7) is 0. The van der Waals surface area contributed by atoms with Crippen molar-refractivity contribution in [1.82, 2.24) is 9.97 Å². The smallest absolute Gasteiger partial charge is 0.475 e. The molecule has 1 aliphatic rings. The second kappa shape index (κ2) is 12.7. The molecule has 6 rings (SSSR count). The number of halogens is 4. The van der Waals surface area contributed by atoms with Gasteiger partial charge < -0.3 is 21.1 Å². The van der Waals surface area contributed by atoms with Gasteiger partial charge in [0.25, 0.3) is 0 Å². The summed E-state index contributed by atoms with van der Waals surface area (Å²) < 4.78 is 32.9. The SMILES string of the molecule is O=C(Cc1csc2ccccc12)Nc1ccc2cc1CCc1cccc(c1)Nc1ncc(Cl)c(n1)N2.O=C(O)C(F)(F)F. The van der Waals surface area contributed by atoms with Crippen LogP contribution in [0.15, 0.2) is 78.3 Å². The number of hydrogen-bond donors (Lipinski definition) is 4. The second-order valence-electron chi connectivity index (χ2n) is 9.50. The van der Waals surface area contributed by atoms with Crippen LogP contribution in [0.5, 0.6) is 0 Å². The van der Waals surface area contributed by atoms with Crippen LogP contribution in [-0.4, -0.2) is 33.1 Å². The predicted octanol–water partition coefficient (Wildman–Crippen LogP) is 7.75. The number of carboxylic acids is 1. The van der Waals surface area contributed by atoms with Crippen LogP contribution >= 0.6 is 22.9 Å². The maximum atomic E-state index is 13.1. The Morgan fingerprint density at radius 2 is 1.77 bits per heavy atom. The first kappa shape index (κ1) is 29.8. The Hall–Kier alpha value is -4.68. The minimum absolute atomic E-state index is 0.0342.